The second-order valence-corrected chi connectivity index (χ2v) is 9.65. The number of piperazine rings is 1. The molecule has 3 heterocycles. The van der Waals surface area contributed by atoms with E-state index in [4.69, 9.17) is 4.98 Å². The summed E-state index contributed by atoms with van der Waals surface area (Å²) in [7, 11) is -3.45. The van der Waals surface area contributed by atoms with E-state index in [0.29, 0.717) is 31.1 Å². The van der Waals surface area contributed by atoms with Crippen LogP contribution in [0.1, 0.15) is 11.3 Å². The van der Waals surface area contributed by atoms with Gasteiger partial charge in [-0.3, -0.25) is 4.90 Å². The number of imidazole rings is 1. The molecule has 1 aromatic carbocycles. The summed E-state index contributed by atoms with van der Waals surface area (Å²) >= 11 is 3.34. The van der Waals surface area contributed by atoms with Crippen molar-refractivity contribution in [2.75, 3.05) is 26.2 Å². The van der Waals surface area contributed by atoms with E-state index in [-0.39, 0.29) is 0 Å². The molecular weight excluding hydrogens is 428 g/mol. The molecule has 0 radical (unpaired) electrons. The van der Waals surface area contributed by atoms with Crippen LogP contribution < -0.4 is 0 Å². The third-order valence-corrected chi connectivity index (χ3v) is 7.27. The van der Waals surface area contributed by atoms with Crippen molar-refractivity contribution in [2.45, 2.75) is 18.4 Å². The van der Waals surface area contributed by atoms with Crippen molar-refractivity contribution in [3.05, 3.63) is 64.5 Å². The topological polar surface area (TPSA) is 57.9 Å². The van der Waals surface area contributed by atoms with Crippen molar-refractivity contribution in [3.8, 4) is 0 Å². The standard InChI is InChI=1S/C19H21BrN4O2S/c1-15-4-3-7-23-14-17(21-19(15)23)13-22-8-10-24(11-9-22)27(25,26)18-6-2-5-16(20)12-18/h2-7,12,14H,8-11,13H2,1H3. The predicted molar refractivity (Wildman–Crippen MR) is 108 cm³/mol. The van der Waals surface area contributed by atoms with Gasteiger partial charge in [-0.15, -0.1) is 0 Å². The molecule has 1 fully saturated rings. The van der Waals surface area contributed by atoms with Gasteiger partial charge in [-0.2, -0.15) is 4.31 Å². The van der Waals surface area contributed by atoms with Gasteiger partial charge in [-0.1, -0.05) is 28.1 Å². The van der Waals surface area contributed by atoms with E-state index in [1.165, 1.54) is 0 Å². The Morgan fingerprint density at radius 1 is 1.11 bits per heavy atom. The summed E-state index contributed by atoms with van der Waals surface area (Å²) in [5, 5.41) is 0. The average Bonchev–Trinajstić information content (AvgIpc) is 3.06. The Morgan fingerprint density at radius 2 is 1.89 bits per heavy atom. The minimum Gasteiger partial charge on any atom is -0.307 e. The Hall–Kier alpha value is -1.74. The fourth-order valence-corrected chi connectivity index (χ4v) is 5.43. The summed E-state index contributed by atoms with van der Waals surface area (Å²) in [6, 6.07) is 10.9. The molecule has 1 saturated heterocycles. The van der Waals surface area contributed by atoms with Gasteiger partial charge in [0.25, 0.3) is 0 Å². The Kier molecular flexibility index (Phi) is 5.07. The van der Waals surface area contributed by atoms with Crippen LogP contribution in [0.2, 0.25) is 0 Å². The minimum atomic E-state index is -3.45. The van der Waals surface area contributed by atoms with E-state index in [1.54, 1.807) is 22.5 Å². The van der Waals surface area contributed by atoms with Crippen LogP contribution in [0.25, 0.3) is 5.65 Å². The van der Waals surface area contributed by atoms with Crippen LogP contribution in [0.15, 0.2) is 58.2 Å². The molecule has 0 amide bonds. The molecule has 142 valence electrons. The van der Waals surface area contributed by atoms with Crippen molar-refractivity contribution < 1.29 is 8.42 Å². The number of benzene rings is 1. The lowest BCUT2D eigenvalue weighted by molar-refractivity contribution is 0.180. The molecule has 3 aromatic rings. The summed E-state index contributed by atoms with van der Waals surface area (Å²) in [6.45, 7) is 5.15. The van der Waals surface area contributed by atoms with Crippen LogP contribution >= 0.6 is 15.9 Å². The molecule has 0 unspecified atom stereocenters. The maximum atomic E-state index is 12.8. The largest absolute Gasteiger partial charge is 0.307 e. The first-order valence-corrected chi connectivity index (χ1v) is 11.1. The third-order valence-electron chi connectivity index (χ3n) is 4.88. The van der Waals surface area contributed by atoms with Crippen molar-refractivity contribution in [3.63, 3.8) is 0 Å². The summed E-state index contributed by atoms with van der Waals surface area (Å²) in [4.78, 5) is 7.30. The number of aryl methyl sites for hydroxylation is 1. The van der Waals surface area contributed by atoms with Crippen molar-refractivity contribution in [1.82, 2.24) is 18.6 Å². The van der Waals surface area contributed by atoms with Gasteiger partial charge in [-0.05, 0) is 36.8 Å². The number of fused-ring (bicyclic) bond motifs is 1. The zero-order valence-corrected chi connectivity index (χ0v) is 17.4. The quantitative estimate of drug-likeness (QED) is 0.615. The van der Waals surface area contributed by atoms with Crippen LogP contribution in [-0.4, -0.2) is 53.2 Å². The van der Waals surface area contributed by atoms with E-state index in [1.807, 2.05) is 28.9 Å². The lowest BCUT2D eigenvalue weighted by Crippen LogP contribution is -2.48. The summed E-state index contributed by atoms with van der Waals surface area (Å²) in [5.74, 6) is 0. The Labute approximate surface area is 167 Å². The number of aromatic nitrogens is 2. The second-order valence-electron chi connectivity index (χ2n) is 6.79. The number of rotatable bonds is 4. The molecule has 1 aliphatic heterocycles. The number of pyridine rings is 1. The van der Waals surface area contributed by atoms with Crippen molar-refractivity contribution in [1.29, 1.82) is 0 Å². The number of hydrogen-bond acceptors (Lipinski definition) is 4. The minimum absolute atomic E-state index is 0.334. The Morgan fingerprint density at radius 3 is 2.59 bits per heavy atom. The number of nitrogens with zero attached hydrogens (tertiary/aromatic N) is 4. The molecular formula is C19H21BrN4O2S. The highest BCUT2D eigenvalue weighted by Crippen LogP contribution is 2.21. The van der Waals surface area contributed by atoms with E-state index in [2.05, 4.69) is 33.8 Å². The monoisotopic (exact) mass is 448 g/mol. The molecule has 6 nitrogen and oxygen atoms in total. The number of sulfonamides is 1. The number of hydrogen-bond donors (Lipinski definition) is 0. The normalized spacial score (nSPS) is 16.8. The molecule has 0 aliphatic carbocycles. The lowest BCUT2D eigenvalue weighted by atomic mass is 10.3. The highest BCUT2D eigenvalue weighted by Gasteiger charge is 2.28. The van der Waals surface area contributed by atoms with Gasteiger partial charge in [0, 0.05) is 49.6 Å². The first kappa shape index (κ1) is 18.6. The molecule has 0 saturated carbocycles. The lowest BCUT2D eigenvalue weighted by Gasteiger charge is -2.33. The van der Waals surface area contributed by atoms with Gasteiger partial charge in [0.15, 0.2) is 0 Å². The Balaban J connectivity index is 1.43. The van der Waals surface area contributed by atoms with E-state index >= 15 is 0 Å². The maximum Gasteiger partial charge on any atom is 0.243 e. The summed E-state index contributed by atoms with van der Waals surface area (Å²) < 4.78 is 30.0. The molecule has 8 heteroatoms. The molecule has 27 heavy (non-hydrogen) atoms. The molecule has 0 atom stereocenters. The molecule has 4 rings (SSSR count). The Bertz CT molecular complexity index is 1070. The molecule has 0 spiro atoms. The summed E-state index contributed by atoms with van der Waals surface area (Å²) in [5.41, 5.74) is 3.13. The van der Waals surface area contributed by atoms with Gasteiger partial charge in [0.2, 0.25) is 10.0 Å². The third kappa shape index (κ3) is 3.80. The second kappa shape index (κ2) is 7.35. The van der Waals surface area contributed by atoms with Crippen LogP contribution in [-0.2, 0) is 16.6 Å². The zero-order valence-electron chi connectivity index (χ0n) is 15.0. The van der Waals surface area contributed by atoms with Crippen LogP contribution in [0.5, 0.6) is 0 Å². The first-order chi connectivity index (χ1) is 12.9. The van der Waals surface area contributed by atoms with Crippen LogP contribution in [0.3, 0.4) is 0 Å². The van der Waals surface area contributed by atoms with Crippen LogP contribution in [0.4, 0.5) is 0 Å². The maximum absolute atomic E-state index is 12.8. The molecule has 0 N–H and O–H groups in total. The smallest absolute Gasteiger partial charge is 0.243 e. The van der Waals surface area contributed by atoms with Gasteiger partial charge in [0.1, 0.15) is 5.65 Å². The number of halogens is 1. The van der Waals surface area contributed by atoms with E-state index in [0.717, 1.165) is 27.9 Å². The molecule has 1 aliphatic rings. The fraction of sp³-hybridized carbons (Fsp3) is 0.316. The van der Waals surface area contributed by atoms with Gasteiger partial charge in [0.05, 0.1) is 10.6 Å². The van der Waals surface area contributed by atoms with Crippen LogP contribution in [0, 0.1) is 6.92 Å². The zero-order chi connectivity index (χ0) is 19.0. The van der Waals surface area contributed by atoms with Crippen molar-refractivity contribution >= 4 is 31.6 Å². The van der Waals surface area contributed by atoms with Crippen molar-refractivity contribution in [2.24, 2.45) is 0 Å². The fourth-order valence-electron chi connectivity index (χ4n) is 3.41. The highest BCUT2D eigenvalue weighted by atomic mass is 79.9. The van der Waals surface area contributed by atoms with Gasteiger partial charge < -0.3 is 4.40 Å². The van der Waals surface area contributed by atoms with E-state index in [9.17, 15) is 8.42 Å². The molecule has 2 aromatic heterocycles. The summed E-state index contributed by atoms with van der Waals surface area (Å²) in [6.07, 6.45) is 4.05. The first-order valence-electron chi connectivity index (χ1n) is 8.85. The van der Waals surface area contributed by atoms with E-state index < -0.39 is 10.0 Å². The SMILES string of the molecule is Cc1cccn2cc(CN3CCN(S(=O)(=O)c4cccc(Br)c4)CC3)nc12. The average molecular weight is 449 g/mol. The highest BCUT2D eigenvalue weighted by molar-refractivity contribution is 9.10. The van der Waals surface area contributed by atoms with Gasteiger partial charge >= 0.3 is 0 Å². The predicted octanol–water partition coefficient (Wildman–Crippen LogP) is 2.91. The molecule has 0 bridgehead atoms. The van der Waals surface area contributed by atoms with Gasteiger partial charge in [-0.25, -0.2) is 13.4 Å².